The Kier molecular flexibility index (Phi) is 5.62. The van der Waals surface area contributed by atoms with E-state index in [1.54, 1.807) is 30.6 Å². The van der Waals surface area contributed by atoms with Crippen molar-refractivity contribution < 1.29 is 18.4 Å². The van der Waals surface area contributed by atoms with E-state index >= 15 is 0 Å². The number of carbonyl (C=O) groups is 1. The monoisotopic (exact) mass is 451 g/mol. The molecule has 2 amide bonds. The van der Waals surface area contributed by atoms with Crippen LogP contribution in [0.15, 0.2) is 62.6 Å². The number of halogens is 1. The predicted octanol–water partition coefficient (Wildman–Crippen LogP) is 5.61. The zero-order valence-corrected chi connectivity index (χ0v) is 18.5. The molecule has 3 heterocycles. The van der Waals surface area contributed by atoms with Crippen molar-refractivity contribution in [2.75, 3.05) is 10.6 Å². The van der Waals surface area contributed by atoms with E-state index in [1.807, 2.05) is 27.7 Å². The number of anilines is 2. The zero-order valence-electron chi connectivity index (χ0n) is 18.5. The van der Waals surface area contributed by atoms with Crippen molar-refractivity contribution in [3.63, 3.8) is 0 Å². The predicted molar refractivity (Wildman–Crippen MR) is 119 cm³/mol. The topological polar surface area (TPSA) is 126 Å². The van der Waals surface area contributed by atoms with Crippen molar-refractivity contribution in [2.45, 2.75) is 38.6 Å². The van der Waals surface area contributed by atoms with Gasteiger partial charge in [-0.05, 0) is 30.3 Å². The molecule has 1 atom stereocenters. The highest BCUT2D eigenvalue weighted by Gasteiger charge is 2.29. The second kappa shape index (κ2) is 8.41. The van der Waals surface area contributed by atoms with Gasteiger partial charge in [0.15, 0.2) is 5.54 Å². The van der Waals surface area contributed by atoms with Crippen LogP contribution in [-0.4, -0.2) is 22.4 Å². The summed E-state index contributed by atoms with van der Waals surface area (Å²) in [5.41, 5.74) is 0.234. The first kappa shape index (κ1) is 22.1. The fourth-order valence-electron chi connectivity index (χ4n) is 2.90. The third-order valence-electron chi connectivity index (χ3n) is 4.80. The molecule has 1 aromatic carbocycles. The Bertz CT molecular complexity index is 1230. The molecule has 4 rings (SSSR count). The number of carbonyl (C=O) groups excluding carboxylic acids is 1. The van der Waals surface area contributed by atoms with Gasteiger partial charge in [0.05, 0.1) is 23.3 Å². The number of nitrogens with one attached hydrogen (secondary N) is 2. The van der Waals surface area contributed by atoms with Crippen LogP contribution in [0.3, 0.4) is 0 Å². The molecule has 10 nitrogen and oxygen atoms in total. The van der Waals surface area contributed by atoms with Gasteiger partial charge >= 0.3 is 6.03 Å². The molecule has 0 bridgehead atoms. The van der Waals surface area contributed by atoms with Crippen LogP contribution in [0, 0.1) is 5.82 Å². The lowest BCUT2D eigenvalue weighted by molar-refractivity contribution is 0.261. The first-order valence-corrected chi connectivity index (χ1v) is 10.1. The van der Waals surface area contributed by atoms with Crippen LogP contribution in [0.4, 0.5) is 20.8 Å². The van der Waals surface area contributed by atoms with E-state index in [0.717, 1.165) is 0 Å². The lowest BCUT2D eigenvalue weighted by Crippen LogP contribution is -2.20. The largest absolute Gasteiger partial charge is 0.457 e. The number of hydrogen-bond donors (Lipinski definition) is 2. The summed E-state index contributed by atoms with van der Waals surface area (Å²) in [5, 5.41) is 20.3. The van der Waals surface area contributed by atoms with Gasteiger partial charge in [-0.3, -0.25) is 10.3 Å². The normalized spacial score (nSPS) is 17.2. The smallest absolute Gasteiger partial charge is 0.326 e. The van der Waals surface area contributed by atoms with Gasteiger partial charge in [0.25, 0.3) is 0 Å². The number of hydrogen-bond acceptors (Lipinski definition) is 8. The quantitative estimate of drug-likeness (QED) is 0.521. The van der Waals surface area contributed by atoms with E-state index in [9.17, 15) is 9.18 Å². The molecular formula is C22H22FN7O3. The van der Waals surface area contributed by atoms with Crippen LogP contribution in [0.1, 0.15) is 39.1 Å². The number of benzene rings is 1. The van der Waals surface area contributed by atoms with Gasteiger partial charge in [0.1, 0.15) is 17.3 Å². The molecule has 0 fully saturated rings. The molecule has 2 aromatic heterocycles. The summed E-state index contributed by atoms with van der Waals surface area (Å²) in [5.74, 6) is 0.169. The lowest BCUT2D eigenvalue weighted by Gasteiger charge is -2.15. The molecule has 3 aromatic rings. The van der Waals surface area contributed by atoms with Gasteiger partial charge in [0, 0.05) is 29.8 Å². The van der Waals surface area contributed by atoms with Gasteiger partial charge in [-0.25, -0.2) is 9.18 Å². The maximum atomic E-state index is 14.6. The highest BCUT2D eigenvalue weighted by Crippen LogP contribution is 2.31. The Morgan fingerprint density at radius 2 is 1.91 bits per heavy atom. The fraction of sp³-hybridized carbons (Fsp3) is 0.273. The first-order valence-electron chi connectivity index (χ1n) is 10.1. The van der Waals surface area contributed by atoms with Crippen molar-refractivity contribution in [2.24, 2.45) is 15.4 Å². The zero-order chi connectivity index (χ0) is 23.6. The highest BCUT2D eigenvalue weighted by molar-refractivity contribution is 5.99. The van der Waals surface area contributed by atoms with Crippen molar-refractivity contribution >= 4 is 23.8 Å². The number of amides is 2. The van der Waals surface area contributed by atoms with Crippen molar-refractivity contribution in [1.82, 2.24) is 10.1 Å². The highest BCUT2D eigenvalue weighted by atomic mass is 19.1. The molecule has 0 radical (unpaired) electrons. The molecule has 0 saturated heterocycles. The Morgan fingerprint density at radius 1 is 1.12 bits per heavy atom. The summed E-state index contributed by atoms with van der Waals surface area (Å²) < 4.78 is 25.4. The molecule has 1 aliphatic heterocycles. The van der Waals surface area contributed by atoms with E-state index in [-0.39, 0.29) is 22.7 Å². The molecule has 33 heavy (non-hydrogen) atoms. The minimum absolute atomic E-state index is 0.0269. The Balaban J connectivity index is 1.41. The lowest BCUT2D eigenvalue weighted by atomic mass is 9.92. The molecule has 170 valence electrons. The maximum absolute atomic E-state index is 14.6. The molecule has 0 spiro atoms. The molecule has 0 saturated carbocycles. The summed E-state index contributed by atoms with van der Waals surface area (Å²) in [6, 6.07) is 8.36. The van der Waals surface area contributed by atoms with Crippen LogP contribution >= 0.6 is 0 Å². The van der Waals surface area contributed by atoms with Gasteiger partial charge in [0.2, 0.25) is 5.88 Å². The van der Waals surface area contributed by atoms with Crippen LogP contribution in [-0.2, 0) is 11.0 Å². The maximum Gasteiger partial charge on any atom is 0.326 e. The van der Waals surface area contributed by atoms with Gasteiger partial charge in [-0.2, -0.15) is 5.11 Å². The van der Waals surface area contributed by atoms with Crippen LogP contribution < -0.4 is 15.4 Å². The number of ether oxygens (including phenoxy) is 1. The standard InChI is InChI=1S/C22H22FN7O3/c1-21(2,3)17-11-19(33-28-17)27-20(31)26-16-6-5-13(9-15(16)23)32-14-7-8-24-18(10-14)22(4)12-25-30-29-22/h5-12H,1-4H3,(H2,26,27,31). The summed E-state index contributed by atoms with van der Waals surface area (Å²) in [4.78, 5) is 16.5. The van der Waals surface area contributed by atoms with Gasteiger partial charge < -0.3 is 14.6 Å². The Morgan fingerprint density at radius 3 is 2.58 bits per heavy atom. The van der Waals surface area contributed by atoms with E-state index < -0.39 is 17.4 Å². The third kappa shape index (κ3) is 5.03. The molecular weight excluding hydrogens is 429 g/mol. The average molecular weight is 451 g/mol. The second-order valence-electron chi connectivity index (χ2n) is 8.61. The number of nitrogens with zero attached hydrogens (tertiary/aromatic N) is 5. The van der Waals surface area contributed by atoms with E-state index in [2.05, 4.69) is 36.2 Å². The second-order valence-corrected chi connectivity index (χ2v) is 8.61. The Labute approximate surface area is 188 Å². The first-order chi connectivity index (χ1) is 15.6. The minimum atomic E-state index is -0.775. The summed E-state index contributed by atoms with van der Waals surface area (Å²) >= 11 is 0. The molecule has 1 aliphatic rings. The van der Waals surface area contributed by atoms with Gasteiger partial charge in [-0.1, -0.05) is 25.9 Å². The number of aromatic nitrogens is 2. The molecule has 1 unspecified atom stereocenters. The van der Waals surface area contributed by atoms with Crippen molar-refractivity contribution in [1.29, 1.82) is 0 Å². The van der Waals surface area contributed by atoms with Crippen LogP contribution in [0.2, 0.25) is 0 Å². The van der Waals surface area contributed by atoms with Gasteiger partial charge in [-0.15, -0.1) is 5.10 Å². The van der Waals surface area contributed by atoms with Crippen LogP contribution in [0.25, 0.3) is 0 Å². The number of pyridine rings is 1. The van der Waals surface area contributed by atoms with Crippen molar-refractivity contribution in [3.05, 3.63) is 59.8 Å². The van der Waals surface area contributed by atoms with E-state index in [4.69, 9.17) is 9.26 Å². The number of rotatable bonds is 5. The summed E-state index contributed by atoms with van der Waals surface area (Å²) in [6.07, 6.45) is 3.13. The summed E-state index contributed by atoms with van der Waals surface area (Å²) in [7, 11) is 0. The SMILES string of the molecule is CC(C)(C)c1cc(NC(=O)Nc2ccc(Oc3ccnc(C4(C)C=NN=N4)c3)cc2F)on1. The van der Waals surface area contributed by atoms with E-state index in [1.165, 1.54) is 18.2 Å². The van der Waals surface area contributed by atoms with E-state index in [0.29, 0.717) is 17.1 Å². The molecule has 0 aliphatic carbocycles. The Hall–Kier alpha value is -4.15. The summed E-state index contributed by atoms with van der Waals surface area (Å²) in [6.45, 7) is 7.71. The fourth-order valence-corrected chi connectivity index (χ4v) is 2.90. The van der Waals surface area contributed by atoms with Crippen molar-refractivity contribution in [3.8, 4) is 11.5 Å². The van der Waals surface area contributed by atoms with Crippen LogP contribution in [0.5, 0.6) is 11.5 Å². The molecule has 2 N–H and O–H groups in total. The number of urea groups is 1. The molecule has 11 heteroatoms. The third-order valence-corrected chi connectivity index (χ3v) is 4.80. The average Bonchev–Trinajstić information content (AvgIpc) is 3.40. The minimum Gasteiger partial charge on any atom is -0.457 e.